The molecule has 2 rings (SSSR count). The molecule has 1 aliphatic rings. The Kier molecular flexibility index (Phi) is 5.38. The molecular weight excluding hydrogens is 270 g/mol. The van der Waals surface area contributed by atoms with Crippen molar-refractivity contribution in [3.05, 3.63) is 28.3 Å². The molecule has 0 aromatic heterocycles. The van der Waals surface area contributed by atoms with Crippen molar-refractivity contribution < 1.29 is 9.66 Å². The van der Waals surface area contributed by atoms with Crippen molar-refractivity contribution in [1.29, 1.82) is 0 Å². The largest absolute Gasteiger partial charge is 0.484 e. The van der Waals surface area contributed by atoms with Crippen LogP contribution < -0.4 is 15.4 Å². The molecule has 6 nitrogen and oxygen atoms in total. The van der Waals surface area contributed by atoms with Gasteiger partial charge in [0.1, 0.15) is 5.69 Å². The second-order valence-corrected chi connectivity index (χ2v) is 5.58. The summed E-state index contributed by atoms with van der Waals surface area (Å²) in [5, 5.41) is 17.8. The SMILES string of the molecule is CC(C)Oc1cccc(NCCCNC2CC2)c1[N+](=O)[O-]. The van der Waals surface area contributed by atoms with Gasteiger partial charge in [-0.1, -0.05) is 6.07 Å². The fraction of sp³-hybridized carbons (Fsp3) is 0.600. The maximum Gasteiger partial charge on any atom is 0.333 e. The van der Waals surface area contributed by atoms with Crippen LogP contribution >= 0.6 is 0 Å². The van der Waals surface area contributed by atoms with Gasteiger partial charge in [0.15, 0.2) is 5.75 Å². The van der Waals surface area contributed by atoms with Gasteiger partial charge in [0.2, 0.25) is 0 Å². The van der Waals surface area contributed by atoms with E-state index in [1.807, 2.05) is 13.8 Å². The van der Waals surface area contributed by atoms with E-state index < -0.39 is 0 Å². The summed E-state index contributed by atoms with van der Waals surface area (Å²) in [4.78, 5) is 10.9. The number of nitrogens with one attached hydrogen (secondary N) is 2. The van der Waals surface area contributed by atoms with Crippen LogP contribution in [-0.2, 0) is 0 Å². The predicted molar refractivity (Wildman–Crippen MR) is 83.0 cm³/mol. The van der Waals surface area contributed by atoms with Crippen molar-refractivity contribution in [3.63, 3.8) is 0 Å². The van der Waals surface area contributed by atoms with Crippen LogP contribution in [0.5, 0.6) is 5.75 Å². The quantitative estimate of drug-likeness (QED) is 0.416. The fourth-order valence-electron chi connectivity index (χ4n) is 2.11. The minimum absolute atomic E-state index is 0.0151. The van der Waals surface area contributed by atoms with Crippen LogP contribution in [0.25, 0.3) is 0 Å². The van der Waals surface area contributed by atoms with Gasteiger partial charge in [0, 0.05) is 12.6 Å². The number of nitro benzene ring substituents is 1. The maximum absolute atomic E-state index is 11.3. The molecule has 1 fully saturated rings. The second-order valence-electron chi connectivity index (χ2n) is 5.58. The van der Waals surface area contributed by atoms with E-state index in [9.17, 15) is 10.1 Å². The summed E-state index contributed by atoms with van der Waals surface area (Å²) in [6.45, 7) is 5.35. The normalized spacial score (nSPS) is 14.2. The summed E-state index contributed by atoms with van der Waals surface area (Å²) in [6.07, 6.45) is 3.38. The Hall–Kier alpha value is -1.82. The Balaban J connectivity index is 1.94. The Morgan fingerprint density at radius 2 is 2.14 bits per heavy atom. The average Bonchev–Trinajstić information content (AvgIpc) is 3.21. The van der Waals surface area contributed by atoms with Gasteiger partial charge in [-0.15, -0.1) is 0 Å². The molecule has 6 heteroatoms. The van der Waals surface area contributed by atoms with Gasteiger partial charge < -0.3 is 15.4 Å². The van der Waals surface area contributed by atoms with Gasteiger partial charge in [-0.25, -0.2) is 0 Å². The van der Waals surface area contributed by atoms with Crippen LogP contribution in [0.15, 0.2) is 18.2 Å². The Morgan fingerprint density at radius 3 is 2.76 bits per heavy atom. The van der Waals surface area contributed by atoms with Gasteiger partial charge in [-0.05, 0) is 51.8 Å². The number of nitrogens with zero attached hydrogens (tertiary/aromatic N) is 1. The molecule has 0 unspecified atom stereocenters. The first-order valence-corrected chi connectivity index (χ1v) is 7.49. The molecule has 0 saturated heterocycles. The molecule has 1 aliphatic carbocycles. The summed E-state index contributed by atoms with van der Waals surface area (Å²) in [5.41, 5.74) is 0.533. The van der Waals surface area contributed by atoms with Gasteiger partial charge in [-0.2, -0.15) is 0 Å². The topological polar surface area (TPSA) is 76.4 Å². The molecule has 21 heavy (non-hydrogen) atoms. The van der Waals surface area contributed by atoms with Crippen molar-refractivity contribution >= 4 is 11.4 Å². The minimum Gasteiger partial charge on any atom is -0.484 e. The molecule has 1 saturated carbocycles. The van der Waals surface area contributed by atoms with Crippen LogP contribution in [-0.4, -0.2) is 30.2 Å². The number of hydrogen-bond donors (Lipinski definition) is 2. The smallest absolute Gasteiger partial charge is 0.333 e. The van der Waals surface area contributed by atoms with Crippen LogP contribution in [0, 0.1) is 10.1 Å². The number of anilines is 1. The van der Waals surface area contributed by atoms with Crippen LogP contribution in [0.1, 0.15) is 33.1 Å². The maximum atomic E-state index is 11.3. The third kappa shape index (κ3) is 4.90. The van der Waals surface area contributed by atoms with Crippen molar-refractivity contribution in [2.24, 2.45) is 0 Å². The Labute approximate surface area is 125 Å². The van der Waals surface area contributed by atoms with E-state index in [1.54, 1.807) is 18.2 Å². The summed E-state index contributed by atoms with van der Waals surface area (Å²) >= 11 is 0. The number of hydrogen-bond acceptors (Lipinski definition) is 5. The number of para-hydroxylation sites is 1. The minimum atomic E-state index is -0.386. The molecule has 0 amide bonds. The number of rotatable bonds is 9. The van der Waals surface area contributed by atoms with E-state index in [4.69, 9.17) is 4.74 Å². The molecule has 116 valence electrons. The zero-order valence-electron chi connectivity index (χ0n) is 12.6. The summed E-state index contributed by atoms with van der Waals surface area (Å²) in [5.74, 6) is 0.316. The summed E-state index contributed by atoms with van der Waals surface area (Å²) < 4.78 is 5.52. The van der Waals surface area contributed by atoms with E-state index in [0.29, 0.717) is 24.0 Å². The van der Waals surface area contributed by atoms with Gasteiger partial charge >= 0.3 is 5.69 Å². The first-order chi connectivity index (χ1) is 10.1. The summed E-state index contributed by atoms with van der Waals surface area (Å²) in [7, 11) is 0. The van der Waals surface area contributed by atoms with E-state index in [2.05, 4.69) is 10.6 Å². The molecule has 0 atom stereocenters. The van der Waals surface area contributed by atoms with E-state index >= 15 is 0 Å². The van der Waals surface area contributed by atoms with Crippen molar-refractivity contribution in [1.82, 2.24) is 5.32 Å². The summed E-state index contributed by atoms with van der Waals surface area (Å²) in [6, 6.07) is 5.83. The van der Waals surface area contributed by atoms with E-state index in [1.165, 1.54) is 12.8 Å². The number of ether oxygens (including phenoxy) is 1. The Bertz CT molecular complexity index is 487. The lowest BCUT2D eigenvalue weighted by molar-refractivity contribution is -0.385. The molecule has 1 aromatic rings. The third-order valence-corrected chi connectivity index (χ3v) is 3.22. The monoisotopic (exact) mass is 293 g/mol. The first-order valence-electron chi connectivity index (χ1n) is 7.49. The molecule has 0 heterocycles. The standard InChI is InChI=1S/C15H23N3O3/c1-11(2)21-14-6-3-5-13(15(14)18(19)20)17-10-4-9-16-12-7-8-12/h3,5-6,11-12,16-17H,4,7-10H2,1-2H3. The van der Waals surface area contributed by atoms with Crippen LogP contribution in [0.2, 0.25) is 0 Å². The third-order valence-electron chi connectivity index (χ3n) is 3.22. The first kappa shape index (κ1) is 15.6. The van der Waals surface area contributed by atoms with Crippen LogP contribution in [0.3, 0.4) is 0 Å². The Morgan fingerprint density at radius 1 is 1.38 bits per heavy atom. The lowest BCUT2D eigenvalue weighted by atomic mass is 10.2. The second kappa shape index (κ2) is 7.26. The molecule has 0 radical (unpaired) electrons. The van der Waals surface area contributed by atoms with Crippen molar-refractivity contribution in [2.45, 2.75) is 45.3 Å². The van der Waals surface area contributed by atoms with Crippen LogP contribution in [0.4, 0.5) is 11.4 Å². The fourth-order valence-corrected chi connectivity index (χ4v) is 2.11. The molecule has 0 bridgehead atoms. The van der Waals surface area contributed by atoms with Gasteiger partial charge in [0.05, 0.1) is 11.0 Å². The van der Waals surface area contributed by atoms with Crippen molar-refractivity contribution in [3.8, 4) is 5.75 Å². The van der Waals surface area contributed by atoms with E-state index in [0.717, 1.165) is 13.0 Å². The highest BCUT2D eigenvalue weighted by Gasteiger charge is 2.22. The van der Waals surface area contributed by atoms with Crippen molar-refractivity contribution in [2.75, 3.05) is 18.4 Å². The molecule has 0 spiro atoms. The number of benzene rings is 1. The highest BCUT2D eigenvalue weighted by Crippen LogP contribution is 2.35. The highest BCUT2D eigenvalue weighted by molar-refractivity contribution is 5.68. The van der Waals surface area contributed by atoms with Gasteiger partial charge in [0.25, 0.3) is 0 Å². The van der Waals surface area contributed by atoms with E-state index in [-0.39, 0.29) is 16.7 Å². The average molecular weight is 293 g/mol. The lowest BCUT2D eigenvalue weighted by Crippen LogP contribution is -2.20. The predicted octanol–water partition coefficient (Wildman–Crippen LogP) is 2.94. The van der Waals surface area contributed by atoms with Gasteiger partial charge in [-0.3, -0.25) is 10.1 Å². The zero-order chi connectivity index (χ0) is 15.2. The highest BCUT2D eigenvalue weighted by atomic mass is 16.6. The zero-order valence-corrected chi connectivity index (χ0v) is 12.6. The lowest BCUT2D eigenvalue weighted by Gasteiger charge is -2.13. The molecule has 2 N–H and O–H groups in total. The molecular formula is C15H23N3O3. The molecule has 1 aromatic carbocycles. The number of nitro groups is 1. The molecule has 0 aliphatic heterocycles.